The number of carbonyl (C=O) groups is 1. The number of rotatable bonds is 5. The quantitative estimate of drug-likeness (QED) is 0.769. The summed E-state index contributed by atoms with van der Waals surface area (Å²) >= 11 is 0. The van der Waals surface area contributed by atoms with Gasteiger partial charge in [0.15, 0.2) is 11.5 Å². The van der Waals surface area contributed by atoms with E-state index in [4.69, 9.17) is 9.47 Å². The van der Waals surface area contributed by atoms with Crippen LogP contribution in [0.25, 0.3) is 0 Å². The summed E-state index contributed by atoms with van der Waals surface area (Å²) in [5, 5.41) is 7.14. The molecular weight excluding hydrogens is 330 g/mol. The zero-order chi connectivity index (χ0) is 17.8. The predicted octanol–water partition coefficient (Wildman–Crippen LogP) is 2.50. The van der Waals surface area contributed by atoms with Crippen LogP contribution in [0, 0.1) is 0 Å². The molecule has 1 N–H and O–H groups in total. The number of hydrogen-bond donors (Lipinski definition) is 1. The van der Waals surface area contributed by atoms with E-state index in [1.807, 2.05) is 54.6 Å². The Labute approximate surface area is 151 Å². The summed E-state index contributed by atoms with van der Waals surface area (Å²) in [4.78, 5) is 12.3. The van der Waals surface area contributed by atoms with Gasteiger partial charge in [-0.25, -0.2) is 0 Å². The van der Waals surface area contributed by atoms with Gasteiger partial charge in [0.2, 0.25) is 0 Å². The Bertz CT molecular complexity index is 892. The van der Waals surface area contributed by atoms with Crippen LogP contribution >= 0.6 is 0 Å². The standard InChI is InChI=1S/C20H19N3O3/c24-20(16-10-22-23(13-16)12-15-6-2-1-3-7-15)21-11-17-14-25-18-8-4-5-9-19(18)26-17/h1-10,13,17H,11-12,14H2,(H,21,24). The van der Waals surface area contributed by atoms with Gasteiger partial charge in [-0.2, -0.15) is 5.10 Å². The maximum absolute atomic E-state index is 12.3. The molecule has 0 saturated heterocycles. The van der Waals surface area contributed by atoms with Gasteiger partial charge < -0.3 is 14.8 Å². The molecule has 2 aromatic carbocycles. The molecule has 1 aromatic heterocycles. The van der Waals surface area contributed by atoms with Crippen LogP contribution in [0.2, 0.25) is 0 Å². The van der Waals surface area contributed by atoms with Gasteiger partial charge in [0.1, 0.15) is 12.7 Å². The van der Waals surface area contributed by atoms with E-state index >= 15 is 0 Å². The van der Waals surface area contributed by atoms with E-state index in [0.29, 0.717) is 31.0 Å². The van der Waals surface area contributed by atoms with E-state index in [-0.39, 0.29) is 12.0 Å². The number of benzene rings is 2. The average Bonchev–Trinajstić information content (AvgIpc) is 3.15. The van der Waals surface area contributed by atoms with Crippen molar-refractivity contribution < 1.29 is 14.3 Å². The lowest BCUT2D eigenvalue weighted by Crippen LogP contribution is -2.40. The summed E-state index contributed by atoms with van der Waals surface area (Å²) in [5.41, 5.74) is 1.66. The molecule has 1 aliphatic heterocycles. The molecule has 6 nitrogen and oxygen atoms in total. The first-order chi connectivity index (χ1) is 12.8. The maximum Gasteiger partial charge on any atom is 0.254 e. The van der Waals surface area contributed by atoms with Crippen LogP contribution in [0.15, 0.2) is 67.0 Å². The molecule has 2 heterocycles. The first-order valence-electron chi connectivity index (χ1n) is 8.51. The third-order valence-corrected chi connectivity index (χ3v) is 4.14. The number of nitrogens with zero attached hydrogens (tertiary/aromatic N) is 2. The summed E-state index contributed by atoms with van der Waals surface area (Å²) in [6.45, 7) is 1.41. The van der Waals surface area contributed by atoms with Crippen LogP contribution in [0.3, 0.4) is 0 Å². The van der Waals surface area contributed by atoms with Crippen molar-refractivity contribution in [2.24, 2.45) is 0 Å². The fourth-order valence-corrected chi connectivity index (χ4v) is 2.81. The number of amides is 1. The SMILES string of the molecule is O=C(NCC1COc2ccccc2O1)c1cnn(Cc2ccccc2)c1. The van der Waals surface area contributed by atoms with Crippen molar-refractivity contribution in [1.29, 1.82) is 0 Å². The van der Waals surface area contributed by atoms with Crippen molar-refractivity contribution in [3.05, 3.63) is 78.1 Å². The van der Waals surface area contributed by atoms with Crippen LogP contribution in [0.4, 0.5) is 0 Å². The number of para-hydroxylation sites is 2. The highest BCUT2D eigenvalue weighted by molar-refractivity contribution is 5.93. The van der Waals surface area contributed by atoms with Crippen LogP contribution in [-0.4, -0.2) is 34.9 Å². The minimum absolute atomic E-state index is 0.174. The lowest BCUT2D eigenvalue weighted by Gasteiger charge is -2.26. The van der Waals surface area contributed by atoms with Gasteiger partial charge >= 0.3 is 0 Å². The van der Waals surface area contributed by atoms with Crippen LogP contribution < -0.4 is 14.8 Å². The molecule has 3 aromatic rings. The van der Waals surface area contributed by atoms with E-state index < -0.39 is 0 Å². The second-order valence-electron chi connectivity index (χ2n) is 6.12. The summed E-state index contributed by atoms with van der Waals surface area (Å²) < 4.78 is 13.2. The van der Waals surface area contributed by atoms with Gasteiger partial charge in [0.25, 0.3) is 5.91 Å². The molecule has 1 atom stereocenters. The van der Waals surface area contributed by atoms with Crippen LogP contribution in [0.1, 0.15) is 15.9 Å². The Morgan fingerprint density at radius 2 is 1.88 bits per heavy atom. The van der Waals surface area contributed by atoms with Crippen molar-refractivity contribution >= 4 is 5.91 Å². The van der Waals surface area contributed by atoms with E-state index in [1.54, 1.807) is 17.1 Å². The number of carbonyl (C=O) groups excluding carboxylic acids is 1. The fourth-order valence-electron chi connectivity index (χ4n) is 2.81. The molecule has 1 unspecified atom stereocenters. The van der Waals surface area contributed by atoms with E-state index in [9.17, 15) is 4.79 Å². The second kappa shape index (κ2) is 7.31. The smallest absolute Gasteiger partial charge is 0.254 e. The van der Waals surface area contributed by atoms with Gasteiger partial charge in [0, 0.05) is 6.20 Å². The topological polar surface area (TPSA) is 65.4 Å². The molecule has 6 heteroatoms. The van der Waals surface area contributed by atoms with Crippen molar-refractivity contribution in [2.75, 3.05) is 13.2 Å². The van der Waals surface area contributed by atoms with Gasteiger partial charge in [0.05, 0.1) is 24.8 Å². The average molecular weight is 349 g/mol. The Morgan fingerprint density at radius 1 is 1.12 bits per heavy atom. The number of fused-ring (bicyclic) bond motifs is 1. The van der Waals surface area contributed by atoms with Crippen LogP contribution in [0.5, 0.6) is 11.5 Å². The first-order valence-corrected chi connectivity index (χ1v) is 8.51. The summed E-state index contributed by atoms with van der Waals surface area (Å²) in [7, 11) is 0. The highest BCUT2D eigenvalue weighted by Crippen LogP contribution is 2.30. The van der Waals surface area contributed by atoms with Crippen molar-refractivity contribution in [1.82, 2.24) is 15.1 Å². The molecule has 0 aliphatic carbocycles. The Kier molecular flexibility index (Phi) is 4.55. The Balaban J connectivity index is 1.32. The summed E-state index contributed by atoms with van der Waals surface area (Å²) in [6, 6.07) is 17.5. The number of aromatic nitrogens is 2. The second-order valence-corrected chi connectivity index (χ2v) is 6.12. The highest BCUT2D eigenvalue weighted by atomic mass is 16.6. The molecule has 4 rings (SSSR count). The third kappa shape index (κ3) is 3.69. The largest absolute Gasteiger partial charge is 0.486 e. The van der Waals surface area contributed by atoms with E-state index in [2.05, 4.69) is 10.4 Å². The van der Waals surface area contributed by atoms with Crippen molar-refractivity contribution in [2.45, 2.75) is 12.6 Å². The maximum atomic E-state index is 12.3. The number of hydrogen-bond acceptors (Lipinski definition) is 4. The molecule has 0 bridgehead atoms. The monoisotopic (exact) mass is 349 g/mol. The molecule has 132 valence electrons. The number of ether oxygens (including phenoxy) is 2. The zero-order valence-corrected chi connectivity index (χ0v) is 14.2. The molecular formula is C20H19N3O3. The zero-order valence-electron chi connectivity index (χ0n) is 14.2. The minimum atomic E-state index is -0.215. The van der Waals surface area contributed by atoms with E-state index in [0.717, 1.165) is 11.3 Å². The Hall–Kier alpha value is -3.28. The van der Waals surface area contributed by atoms with Gasteiger partial charge in [-0.3, -0.25) is 9.48 Å². The molecule has 0 fully saturated rings. The molecule has 0 saturated carbocycles. The summed E-state index contributed by atoms with van der Waals surface area (Å²) in [6.07, 6.45) is 3.11. The molecule has 0 radical (unpaired) electrons. The van der Waals surface area contributed by atoms with Gasteiger partial charge in [-0.05, 0) is 17.7 Å². The van der Waals surface area contributed by atoms with Crippen molar-refractivity contribution in [3.8, 4) is 11.5 Å². The lowest BCUT2D eigenvalue weighted by molar-refractivity contribution is 0.0789. The van der Waals surface area contributed by atoms with Crippen LogP contribution in [-0.2, 0) is 6.54 Å². The van der Waals surface area contributed by atoms with Crippen molar-refractivity contribution in [3.63, 3.8) is 0 Å². The summed E-state index contributed by atoms with van der Waals surface area (Å²) in [5.74, 6) is 1.26. The number of nitrogens with one attached hydrogen (secondary N) is 1. The predicted molar refractivity (Wildman–Crippen MR) is 96.5 cm³/mol. The van der Waals surface area contributed by atoms with Gasteiger partial charge in [-0.15, -0.1) is 0 Å². The molecule has 0 spiro atoms. The third-order valence-electron chi connectivity index (χ3n) is 4.14. The first kappa shape index (κ1) is 16.2. The lowest BCUT2D eigenvalue weighted by atomic mass is 10.2. The van der Waals surface area contributed by atoms with Gasteiger partial charge in [-0.1, -0.05) is 42.5 Å². The Morgan fingerprint density at radius 3 is 2.73 bits per heavy atom. The minimum Gasteiger partial charge on any atom is -0.486 e. The molecule has 1 amide bonds. The fraction of sp³-hybridized carbons (Fsp3) is 0.200. The normalized spacial score (nSPS) is 15.5. The molecule has 26 heavy (non-hydrogen) atoms. The molecule has 1 aliphatic rings. The highest BCUT2D eigenvalue weighted by Gasteiger charge is 2.21. The van der Waals surface area contributed by atoms with E-state index in [1.165, 1.54) is 0 Å².